The van der Waals surface area contributed by atoms with E-state index in [1.165, 1.54) is 18.2 Å². The fraction of sp³-hybridized carbons (Fsp3) is 0.708. The summed E-state index contributed by atoms with van der Waals surface area (Å²) in [5, 5.41) is 0. The maximum Gasteiger partial charge on any atom is 0.338 e. The van der Waals surface area contributed by atoms with E-state index in [2.05, 4.69) is 75.3 Å². The third-order valence-corrected chi connectivity index (χ3v) is 12.5. The smallest absolute Gasteiger partial charge is 0.338 e. The van der Waals surface area contributed by atoms with E-state index in [0.717, 1.165) is 29.0 Å². The summed E-state index contributed by atoms with van der Waals surface area (Å²) in [6.07, 6.45) is 2.18. The molecule has 0 spiro atoms. The first kappa shape index (κ1) is 25.6. The van der Waals surface area contributed by atoms with Gasteiger partial charge in [-0.25, -0.2) is 4.79 Å². The second kappa shape index (κ2) is 11.1. The third-order valence-electron chi connectivity index (χ3n) is 5.81. The maximum atomic E-state index is 12.7. The molecule has 0 heterocycles. The Kier molecular flexibility index (Phi) is 10.1. The molecule has 0 unspecified atom stereocenters. The van der Waals surface area contributed by atoms with Gasteiger partial charge in [-0.2, -0.15) is 0 Å². The molecular formula is C24H42O2P2. The molecule has 0 N–H and O–H groups in total. The van der Waals surface area contributed by atoms with Crippen LogP contribution >= 0.6 is 15.8 Å². The molecule has 0 aliphatic heterocycles. The summed E-state index contributed by atoms with van der Waals surface area (Å²) in [6, 6.07) is 2.43. The van der Waals surface area contributed by atoms with Crippen LogP contribution in [0, 0.1) is 13.8 Å². The minimum atomic E-state index is -0.185. The summed E-state index contributed by atoms with van der Waals surface area (Å²) in [5.74, 6) is -0.185. The first-order valence-electron chi connectivity index (χ1n) is 10.6. The Balaban J connectivity index is 3.53. The average molecular weight is 425 g/mol. The van der Waals surface area contributed by atoms with Crippen molar-refractivity contribution in [3.8, 4) is 0 Å². The number of ether oxygens (including phenoxy) is 1. The Morgan fingerprint density at radius 3 is 1.36 bits per heavy atom. The first-order chi connectivity index (χ1) is 12.9. The molecule has 4 heteroatoms. The highest BCUT2D eigenvalue weighted by Crippen LogP contribution is 2.52. The number of benzene rings is 1. The minimum absolute atomic E-state index is 0.121. The number of carbonyl (C=O) groups is 1. The highest BCUT2D eigenvalue weighted by Gasteiger charge is 2.25. The zero-order chi connectivity index (χ0) is 21.8. The second-order valence-corrected chi connectivity index (χ2v) is 15.9. The van der Waals surface area contributed by atoms with Gasteiger partial charge in [0, 0.05) is 0 Å². The molecule has 2 nitrogen and oxygen atoms in total. The molecule has 0 radical (unpaired) electrons. The molecule has 0 saturated heterocycles. The highest BCUT2D eigenvalue weighted by molar-refractivity contribution is 7.58. The van der Waals surface area contributed by atoms with Crippen LogP contribution in [-0.2, 0) is 17.1 Å². The molecule has 28 heavy (non-hydrogen) atoms. The summed E-state index contributed by atoms with van der Waals surface area (Å²) in [4.78, 5) is 12.7. The highest BCUT2D eigenvalue weighted by atomic mass is 31.1. The van der Waals surface area contributed by atoms with Crippen LogP contribution in [0.1, 0.15) is 88.0 Å². The number of rotatable bonds is 9. The molecule has 1 aromatic rings. The van der Waals surface area contributed by atoms with E-state index in [-0.39, 0.29) is 21.8 Å². The van der Waals surface area contributed by atoms with Gasteiger partial charge in [0.15, 0.2) is 0 Å². The largest absolute Gasteiger partial charge is 0.465 e. The van der Waals surface area contributed by atoms with Crippen molar-refractivity contribution in [3.05, 3.63) is 33.9 Å². The lowest BCUT2D eigenvalue weighted by Gasteiger charge is -2.30. The van der Waals surface area contributed by atoms with Crippen molar-refractivity contribution in [1.82, 2.24) is 0 Å². The van der Waals surface area contributed by atoms with E-state index in [1.807, 2.05) is 0 Å². The average Bonchev–Trinajstić information content (AvgIpc) is 2.58. The molecule has 0 aliphatic carbocycles. The van der Waals surface area contributed by atoms with Crippen molar-refractivity contribution in [2.24, 2.45) is 0 Å². The molecule has 0 saturated carbocycles. The summed E-state index contributed by atoms with van der Waals surface area (Å²) in [5.41, 5.74) is 8.51. The van der Waals surface area contributed by atoms with Crippen molar-refractivity contribution in [3.63, 3.8) is 0 Å². The van der Waals surface area contributed by atoms with Crippen molar-refractivity contribution in [2.75, 3.05) is 7.11 Å². The standard InChI is InChI=1S/C24H42O2P2/c1-15(2)27(16(3)4)13-21-12-22(14-28(17(5)6)18(7)8)20(10)23(19(21)9)24(25)26-11/h12,15-18H,13-14H2,1-11H3. The van der Waals surface area contributed by atoms with Gasteiger partial charge in [-0.15, -0.1) is 0 Å². The van der Waals surface area contributed by atoms with E-state index < -0.39 is 0 Å². The van der Waals surface area contributed by atoms with Crippen LogP contribution in [0.3, 0.4) is 0 Å². The van der Waals surface area contributed by atoms with Crippen LogP contribution < -0.4 is 0 Å². The summed E-state index contributed by atoms with van der Waals surface area (Å²) >= 11 is 0. The van der Waals surface area contributed by atoms with E-state index in [0.29, 0.717) is 22.6 Å². The number of hydrogen-bond donors (Lipinski definition) is 0. The Bertz CT molecular complexity index is 601. The zero-order valence-electron chi connectivity index (χ0n) is 20.0. The van der Waals surface area contributed by atoms with E-state index in [9.17, 15) is 4.79 Å². The maximum absolute atomic E-state index is 12.7. The van der Waals surface area contributed by atoms with E-state index >= 15 is 0 Å². The summed E-state index contributed by atoms with van der Waals surface area (Å²) in [7, 11) is 1.26. The van der Waals surface area contributed by atoms with E-state index in [1.54, 1.807) is 0 Å². The number of esters is 1. The normalized spacial score (nSPS) is 12.3. The predicted octanol–water partition coefficient (Wildman–Crippen LogP) is 7.69. The third kappa shape index (κ3) is 6.27. The minimum Gasteiger partial charge on any atom is -0.465 e. The van der Waals surface area contributed by atoms with Crippen LogP contribution in [-0.4, -0.2) is 35.7 Å². The molecule has 1 rings (SSSR count). The van der Waals surface area contributed by atoms with Gasteiger partial charge in [-0.3, -0.25) is 0 Å². The van der Waals surface area contributed by atoms with Crippen molar-refractivity contribution < 1.29 is 9.53 Å². The molecule has 0 aliphatic rings. The van der Waals surface area contributed by atoms with Gasteiger partial charge in [0.05, 0.1) is 12.7 Å². The second-order valence-electron chi connectivity index (χ2n) is 9.03. The zero-order valence-corrected chi connectivity index (χ0v) is 21.8. The van der Waals surface area contributed by atoms with Crippen molar-refractivity contribution in [1.29, 1.82) is 0 Å². The number of methoxy groups -OCH3 is 1. The van der Waals surface area contributed by atoms with Gasteiger partial charge >= 0.3 is 5.97 Å². The topological polar surface area (TPSA) is 26.3 Å². The van der Waals surface area contributed by atoms with Gasteiger partial charge in [0.1, 0.15) is 0 Å². The quantitative estimate of drug-likeness (QED) is 0.300. The molecule has 0 amide bonds. The molecule has 0 atom stereocenters. The van der Waals surface area contributed by atoms with Gasteiger partial charge < -0.3 is 4.74 Å². The Labute approximate surface area is 176 Å². The summed E-state index contributed by atoms with van der Waals surface area (Å²) in [6.45, 7) is 23.0. The number of carbonyl (C=O) groups excluding carboxylic acids is 1. The summed E-state index contributed by atoms with van der Waals surface area (Å²) < 4.78 is 5.18. The van der Waals surface area contributed by atoms with Gasteiger partial charge in [0.2, 0.25) is 0 Å². The lowest BCUT2D eigenvalue weighted by Crippen LogP contribution is -2.14. The monoisotopic (exact) mass is 424 g/mol. The molecule has 0 aromatic heterocycles. The molecule has 1 aromatic carbocycles. The molecule has 0 fully saturated rings. The Hall–Kier alpha value is -0.450. The Morgan fingerprint density at radius 1 is 0.786 bits per heavy atom. The van der Waals surface area contributed by atoms with Crippen molar-refractivity contribution in [2.45, 2.75) is 104 Å². The van der Waals surface area contributed by atoms with Gasteiger partial charge in [0.25, 0.3) is 0 Å². The van der Waals surface area contributed by atoms with E-state index in [4.69, 9.17) is 4.74 Å². The lowest BCUT2D eigenvalue weighted by molar-refractivity contribution is 0.0599. The SMILES string of the molecule is COC(=O)c1c(C)c(CP(C(C)C)C(C)C)cc(CP(C(C)C)C(C)C)c1C. The molecule has 160 valence electrons. The van der Waals surface area contributed by atoms with Gasteiger partial charge in [-0.1, -0.05) is 77.3 Å². The fourth-order valence-electron chi connectivity index (χ4n) is 4.08. The predicted molar refractivity (Wildman–Crippen MR) is 129 cm³/mol. The Morgan fingerprint density at radius 2 is 1.11 bits per heavy atom. The fourth-order valence-corrected chi connectivity index (χ4v) is 9.37. The molecule has 0 bridgehead atoms. The van der Waals surface area contributed by atoms with Crippen LogP contribution in [0.4, 0.5) is 0 Å². The van der Waals surface area contributed by atoms with Crippen LogP contribution in [0.25, 0.3) is 0 Å². The molecular weight excluding hydrogens is 382 g/mol. The first-order valence-corrected chi connectivity index (χ1v) is 14.0. The van der Waals surface area contributed by atoms with Gasteiger partial charge in [-0.05, 0) is 71.1 Å². The van der Waals surface area contributed by atoms with Crippen LogP contribution in [0.2, 0.25) is 0 Å². The number of hydrogen-bond acceptors (Lipinski definition) is 2. The van der Waals surface area contributed by atoms with Crippen LogP contribution in [0.15, 0.2) is 6.07 Å². The lowest BCUT2D eigenvalue weighted by atomic mass is 9.94. The van der Waals surface area contributed by atoms with Crippen molar-refractivity contribution >= 4 is 21.8 Å². The van der Waals surface area contributed by atoms with Crippen LogP contribution in [0.5, 0.6) is 0 Å².